The first kappa shape index (κ1) is 84.3. The van der Waals surface area contributed by atoms with E-state index in [1.807, 2.05) is 67.2 Å². The molecule has 0 aliphatic rings. The number of allylic oxidation sites excluding steroid dienone is 2. The molecule has 0 fully saturated rings. The minimum absolute atomic E-state index is 0. The number of benzene rings is 1. The van der Waals surface area contributed by atoms with Crippen LogP contribution in [0.25, 0.3) is 0 Å². The standard InChI is InChI=1S/C18H35N.C12H25NO.C10H14.C9H18O2.2C7H14O2.2CH4/c1-7-10-11-12-13-14-15-19(9-3)18(6)17(5)16(4)8-2;1-5-8-10-13(9-6-2)12(14)11(4)7-3;1-3-9(2)10-7-5-4-6-8-10;1-4-6-7-11-9(10)8(3)5-2;1-5-7(2,3)6(8)9-4;1-4-6(3)7(8)9-5-2;;/h12-13,16-17H,6-11,14-15H2,1-5H3;11H,5-10H2,1-4H3;4-9H,3H2,1-2H3;8H,4-7H2,1-3H3;5H2,1-4H3;6H,4-5H2,1-3H3;2*1H4/b13-12+;;;;;;;. The molecule has 0 radical (unpaired) electrons. The molecule has 0 aliphatic carbocycles. The van der Waals surface area contributed by atoms with Gasteiger partial charge in [0.2, 0.25) is 5.91 Å². The Bertz CT molecular complexity index is 1440. The number of esters is 3. The first-order chi connectivity index (χ1) is 34.1. The van der Waals surface area contributed by atoms with E-state index in [1.165, 1.54) is 50.5 Å². The fraction of sp³-hybridized carbons (Fsp3) is 0.785. The van der Waals surface area contributed by atoms with Gasteiger partial charge in [0.25, 0.3) is 0 Å². The first-order valence-corrected chi connectivity index (χ1v) is 28.9. The van der Waals surface area contributed by atoms with E-state index in [4.69, 9.17) is 9.47 Å². The van der Waals surface area contributed by atoms with Gasteiger partial charge >= 0.3 is 17.9 Å². The summed E-state index contributed by atoms with van der Waals surface area (Å²) in [5, 5.41) is 0. The highest BCUT2D eigenvalue weighted by molar-refractivity contribution is 5.78. The highest BCUT2D eigenvalue weighted by atomic mass is 16.5. The van der Waals surface area contributed by atoms with Crippen molar-refractivity contribution >= 4 is 23.8 Å². The molecule has 0 N–H and O–H groups in total. The van der Waals surface area contributed by atoms with Crippen molar-refractivity contribution in [1.29, 1.82) is 0 Å². The number of unbranched alkanes of at least 4 members (excludes halogenated alkanes) is 4. The molecule has 0 saturated carbocycles. The maximum absolute atomic E-state index is 11.9. The molecule has 1 amide bonds. The lowest BCUT2D eigenvalue weighted by atomic mass is 9.90. The molecule has 9 nitrogen and oxygen atoms in total. The zero-order valence-corrected chi connectivity index (χ0v) is 51.3. The van der Waals surface area contributed by atoms with Crippen molar-refractivity contribution in [1.82, 2.24) is 9.80 Å². The van der Waals surface area contributed by atoms with Crippen molar-refractivity contribution < 1.29 is 33.4 Å². The SMILES string of the molecule is C.C.C=C(C(C)C(C)CC)N(CC)CC/C=C/CCCC.CCC(C)(C)C(=O)OC.CCC(C)c1ccccc1.CCCCN(CCC)C(=O)C(C)CC.CCCCOC(=O)C(C)CC.CCOC(=O)C(C)CC. The third-order valence-electron chi connectivity index (χ3n) is 13.5. The van der Waals surface area contributed by atoms with Crippen molar-refractivity contribution in [3.05, 3.63) is 60.3 Å². The van der Waals surface area contributed by atoms with Gasteiger partial charge in [-0.25, -0.2) is 0 Å². The number of methoxy groups -OCH3 is 1. The Balaban J connectivity index is -0.000000148. The highest BCUT2D eigenvalue weighted by Crippen LogP contribution is 2.25. The van der Waals surface area contributed by atoms with Crippen molar-refractivity contribution in [3.63, 3.8) is 0 Å². The number of hydrogen-bond donors (Lipinski definition) is 0. The summed E-state index contributed by atoms with van der Waals surface area (Å²) in [5.41, 5.74) is 2.46. The van der Waals surface area contributed by atoms with E-state index >= 15 is 0 Å². The molecule has 0 heterocycles. The van der Waals surface area contributed by atoms with Crippen LogP contribution in [-0.4, -0.2) is 80.1 Å². The van der Waals surface area contributed by atoms with Gasteiger partial charge < -0.3 is 24.0 Å². The Morgan fingerprint density at radius 1 is 0.595 bits per heavy atom. The van der Waals surface area contributed by atoms with Crippen LogP contribution < -0.4 is 0 Å². The number of ether oxygens (including phenoxy) is 3. The van der Waals surface area contributed by atoms with Crippen molar-refractivity contribution in [2.75, 3.05) is 46.5 Å². The van der Waals surface area contributed by atoms with E-state index in [0.717, 1.165) is 96.3 Å². The molecule has 6 unspecified atom stereocenters. The fourth-order valence-corrected chi connectivity index (χ4v) is 6.22. The molecular formula is C65H128N2O7. The Labute approximate surface area is 462 Å². The number of hydrogen-bond acceptors (Lipinski definition) is 8. The molecule has 0 aliphatic heterocycles. The van der Waals surface area contributed by atoms with Gasteiger partial charge in [-0.05, 0) is 115 Å². The van der Waals surface area contributed by atoms with Gasteiger partial charge in [-0.1, -0.05) is 207 Å². The maximum atomic E-state index is 11.9. The second kappa shape index (κ2) is 57.1. The van der Waals surface area contributed by atoms with Crippen LogP contribution in [0.5, 0.6) is 0 Å². The van der Waals surface area contributed by atoms with Gasteiger partial charge in [-0.2, -0.15) is 0 Å². The van der Waals surface area contributed by atoms with E-state index < -0.39 is 0 Å². The van der Waals surface area contributed by atoms with Crippen molar-refractivity contribution in [3.8, 4) is 0 Å². The van der Waals surface area contributed by atoms with Crippen molar-refractivity contribution in [2.24, 2.45) is 35.0 Å². The normalized spacial score (nSPS) is 12.7. The molecule has 0 aromatic heterocycles. The Kier molecular flexibility index (Phi) is 65.1. The van der Waals surface area contributed by atoms with E-state index in [2.05, 4.69) is 135 Å². The molecular weight excluding hydrogens is 921 g/mol. The quantitative estimate of drug-likeness (QED) is 0.0325. The van der Waals surface area contributed by atoms with Crippen LogP contribution in [0.1, 0.15) is 261 Å². The summed E-state index contributed by atoms with van der Waals surface area (Å²) < 4.78 is 14.3. The zero-order chi connectivity index (χ0) is 56.5. The molecule has 6 atom stereocenters. The predicted molar refractivity (Wildman–Crippen MR) is 326 cm³/mol. The molecule has 0 spiro atoms. The van der Waals surface area contributed by atoms with E-state index in [-0.39, 0.29) is 55.9 Å². The van der Waals surface area contributed by atoms with E-state index in [9.17, 15) is 19.2 Å². The third kappa shape index (κ3) is 45.7. The van der Waals surface area contributed by atoms with Crippen LogP contribution in [0.15, 0.2) is 54.8 Å². The number of rotatable bonds is 30. The summed E-state index contributed by atoms with van der Waals surface area (Å²) in [5.74, 6) is 2.40. The summed E-state index contributed by atoms with van der Waals surface area (Å²) in [6, 6.07) is 10.6. The molecule has 1 aromatic rings. The Hall–Kier alpha value is -3.62. The van der Waals surface area contributed by atoms with Crippen molar-refractivity contribution in [2.45, 2.75) is 256 Å². The Morgan fingerprint density at radius 2 is 1.09 bits per heavy atom. The molecule has 1 rings (SSSR count). The predicted octanol–water partition coefficient (Wildman–Crippen LogP) is 18.8. The molecule has 0 bridgehead atoms. The molecule has 74 heavy (non-hydrogen) atoms. The van der Waals surface area contributed by atoms with Gasteiger partial charge in [-0.3, -0.25) is 19.2 Å². The van der Waals surface area contributed by atoms with Gasteiger partial charge in [-0.15, -0.1) is 0 Å². The van der Waals surface area contributed by atoms with Crippen LogP contribution >= 0.6 is 0 Å². The van der Waals surface area contributed by atoms with Crippen LogP contribution in [0.3, 0.4) is 0 Å². The van der Waals surface area contributed by atoms with Crippen LogP contribution in [0.2, 0.25) is 0 Å². The summed E-state index contributed by atoms with van der Waals surface area (Å²) in [4.78, 5) is 49.0. The topological polar surface area (TPSA) is 102 Å². The zero-order valence-electron chi connectivity index (χ0n) is 51.3. The monoisotopic (exact) mass is 1050 g/mol. The lowest BCUT2D eigenvalue weighted by Crippen LogP contribution is -2.36. The van der Waals surface area contributed by atoms with E-state index in [0.29, 0.717) is 31.0 Å². The number of carbonyl (C=O) groups excluding carboxylic acids is 4. The molecule has 440 valence electrons. The lowest BCUT2D eigenvalue weighted by Gasteiger charge is -2.31. The van der Waals surface area contributed by atoms with Crippen LogP contribution in [0.4, 0.5) is 0 Å². The van der Waals surface area contributed by atoms with Gasteiger partial charge in [0.1, 0.15) is 0 Å². The summed E-state index contributed by atoms with van der Waals surface area (Å²) in [6.45, 7) is 51.0. The molecule has 1 aromatic carbocycles. The fourth-order valence-electron chi connectivity index (χ4n) is 6.22. The largest absolute Gasteiger partial charge is 0.469 e. The number of amides is 1. The minimum Gasteiger partial charge on any atom is -0.469 e. The van der Waals surface area contributed by atoms with Gasteiger partial charge in [0.15, 0.2) is 0 Å². The van der Waals surface area contributed by atoms with Crippen LogP contribution in [0, 0.1) is 35.0 Å². The smallest absolute Gasteiger partial charge is 0.311 e. The Morgan fingerprint density at radius 3 is 1.49 bits per heavy atom. The summed E-state index contributed by atoms with van der Waals surface area (Å²) >= 11 is 0. The van der Waals surface area contributed by atoms with E-state index in [1.54, 1.807) is 0 Å². The summed E-state index contributed by atoms with van der Waals surface area (Å²) in [7, 11) is 1.42. The molecule has 9 heteroatoms. The summed E-state index contributed by atoms with van der Waals surface area (Å²) in [6.07, 6.45) is 21.0. The van der Waals surface area contributed by atoms with Crippen LogP contribution in [-0.2, 0) is 33.4 Å². The average Bonchev–Trinajstić information content (AvgIpc) is 3.40. The van der Waals surface area contributed by atoms with Gasteiger partial charge in [0.05, 0.1) is 37.6 Å². The van der Waals surface area contributed by atoms with Gasteiger partial charge in [0, 0.05) is 37.8 Å². The minimum atomic E-state index is -0.311. The third-order valence-corrected chi connectivity index (χ3v) is 13.5. The number of carbonyl (C=O) groups is 4. The number of nitrogens with zero attached hydrogens (tertiary/aromatic N) is 2. The molecule has 0 saturated heterocycles. The highest BCUT2D eigenvalue weighted by Gasteiger charge is 2.25. The average molecular weight is 1050 g/mol. The lowest BCUT2D eigenvalue weighted by molar-refractivity contribution is -0.151. The first-order valence-electron chi connectivity index (χ1n) is 28.9. The second-order valence-electron chi connectivity index (χ2n) is 20.0. The second-order valence-corrected chi connectivity index (χ2v) is 20.0. The maximum Gasteiger partial charge on any atom is 0.311 e.